The number of hydrogen-bond donors (Lipinski definition) is 3. The van der Waals surface area contributed by atoms with Crippen molar-refractivity contribution in [3.63, 3.8) is 0 Å². The third kappa shape index (κ3) is 4.83. The highest BCUT2D eigenvalue weighted by atomic mass is 35.5. The second-order valence-electron chi connectivity index (χ2n) is 7.36. The Morgan fingerprint density at radius 1 is 1.04 bits per heavy atom. The summed E-state index contributed by atoms with van der Waals surface area (Å²) in [7, 11) is 0. The lowest BCUT2D eigenvalue weighted by atomic mass is 9.92. The Morgan fingerprint density at radius 2 is 1.70 bits per heavy atom. The van der Waals surface area contributed by atoms with Gasteiger partial charge in [0.05, 0.1) is 0 Å². The lowest BCUT2D eigenvalue weighted by Gasteiger charge is -2.23. The molecule has 6 heteroatoms. The molecule has 2 amide bonds. The first-order chi connectivity index (χ1) is 10.7. The van der Waals surface area contributed by atoms with E-state index in [-0.39, 0.29) is 30.1 Å². The Balaban J connectivity index is 0.00000192. The summed E-state index contributed by atoms with van der Waals surface area (Å²) in [5.41, 5.74) is 0.293. The highest BCUT2D eigenvalue weighted by Gasteiger charge is 2.57. The van der Waals surface area contributed by atoms with Crippen LogP contribution in [0.3, 0.4) is 0 Å². The minimum Gasteiger partial charge on any atom is -0.354 e. The molecule has 3 fully saturated rings. The average molecular weight is 344 g/mol. The number of halogens is 1. The maximum atomic E-state index is 12.2. The fourth-order valence-corrected chi connectivity index (χ4v) is 4.26. The number of rotatable bonds is 6. The summed E-state index contributed by atoms with van der Waals surface area (Å²) < 4.78 is 0. The molecule has 0 bridgehead atoms. The molecule has 1 saturated heterocycles. The van der Waals surface area contributed by atoms with E-state index in [4.69, 9.17) is 0 Å². The molecule has 23 heavy (non-hydrogen) atoms. The molecule has 1 heterocycles. The van der Waals surface area contributed by atoms with Crippen molar-refractivity contribution >= 4 is 24.2 Å². The summed E-state index contributed by atoms with van der Waals surface area (Å²) in [4.78, 5) is 24.0. The van der Waals surface area contributed by atoms with Crippen LogP contribution in [0.2, 0.25) is 0 Å². The molecule has 1 spiro atoms. The van der Waals surface area contributed by atoms with Crippen LogP contribution in [0.25, 0.3) is 0 Å². The molecule has 0 aromatic carbocycles. The fraction of sp³-hybridized carbons (Fsp3) is 0.882. The van der Waals surface area contributed by atoms with Crippen molar-refractivity contribution in [1.29, 1.82) is 0 Å². The van der Waals surface area contributed by atoms with Crippen LogP contribution in [-0.4, -0.2) is 38.0 Å². The summed E-state index contributed by atoms with van der Waals surface area (Å²) in [5, 5.41) is 9.28. The van der Waals surface area contributed by atoms with Crippen LogP contribution in [0, 0.1) is 17.3 Å². The molecule has 3 rings (SSSR count). The predicted molar refractivity (Wildman–Crippen MR) is 92.5 cm³/mol. The van der Waals surface area contributed by atoms with Crippen LogP contribution in [0.4, 0.5) is 0 Å². The van der Waals surface area contributed by atoms with Gasteiger partial charge in [-0.05, 0) is 56.5 Å². The van der Waals surface area contributed by atoms with Crippen molar-refractivity contribution in [3.05, 3.63) is 0 Å². The van der Waals surface area contributed by atoms with Gasteiger partial charge in [-0.1, -0.05) is 12.8 Å². The van der Waals surface area contributed by atoms with Crippen molar-refractivity contribution in [1.82, 2.24) is 16.0 Å². The van der Waals surface area contributed by atoms with Gasteiger partial charge in [-0.15, -0.1) is 12.4 Å². The number of hydrogen-bond acceptors (Lipinski definition) is 3. The van der Waals surface area contributed by atoms with Gasteiger partial charge in [-0.2, -0.15) is 0 Å². The van der Waals surface area contributed by atoms with E-state index in [0.29, 0.717) is 30.8 Å². The average Bonchev–Trinajstić information content (AvgIpc) is 2.96. The highest BCUT2D eigenvalue weighted by molar-refractivity contribution is 5.85. The minimum atomic E-state index is 0. The minimum absolute atomic E-state index is 0. The van der Waals surface area contributed by atoms with Crippen LogP contribution in [-0.2, 0) is 9.59 Å². The first kappa shape index (κ1) is 18.5. The van der Waals surface area contributed by atoms with E-state index in [2.05, 4.69) is 16.0 Å². The van der Waals surface area contributed by atoms with Crippen molar-refractivity contribution in [3.8, 4) is 0 Å². The molecular weight excluding hydrogens is 314 g/mol. The zero-order chi connectivity index (χ0) is 15.4. The topological polar surface area (TPSA) is 70.2 Å². The summed E-state index contributed by atoms with van der Waals surface area (Å²) in [6, 6.07) is 0. The smallest absolute Gasteiger partial charge is 0.223 e. The summed E-state index contributed by atoms with van der Waals surface area (Å²) >= 11 is 0. The predicted octanol–water partition coefficient (Wildman–Crippen LogP) is 1.61. The second-order valence-corrected chi connectivity index (χ2v) is 7.36. The Kier molecular flexibility index (Phi) is 6.72. The van der Waals surface area contributed by atoms with E-state index < -0.39 is 0 Å². The Morgan fingerprint density at radius 3 is 2.39 bits per heavy atom. The van der Waals surface area contributed by atoms with Gasteiger partial charge in [0, 0.05) is 25.4 Å². The first-order valence-corrected chi connectivity index (χ1v) is 8.95. The summed E-state index contributed by atoms with van der Waals surface area (Å²) in [6.07, 6.45) is 8.90. The van der Waals surface area contributed by atoms with Gasteiger partial charge in [-0.25, -0.2) is 0 Å². The van der Waals surface area contributed by atoms with Crippen LogP contribution in [0.15, 0.2) is 0 Å². The van der Waals surface area contributed by atoms with Gasteiger partial charge in [-0.3, -0.25) is 9.59 Å². The molecule has 5 nitrogen and oxygen atoms in total. The Hall–Kier alpha value is -0.810. The number of carbonyl (C=O) groups excluding carboxylic acids is 2. The maximum absolute atomic E-state index is 12.2. The van der Waals surface area contributed by atoms with Gasteiger partial charge in [0.2, 0.25) is 11.8 Å². The van der Waals surface area contributed by atoms with Crippen molar-refractivity contribution < 1.29 is 9.59 Å². The van der Waals surface area contributed by atoms with E-state index in [1.54, 1.807) is 0 Å². The molecule has 1 aliphatic heterocycles. The van der Waals surface area contributed by atoms with Crippen LogP contribution < -0.4 is 16.0 Å². The van der Waals surface area contributed by atoms with E-state index >= 15 is 0 Å². The SMILES string of the molecule is Cl.O=C(CC1CCCC1)NCCNC(=O)C1CC12CCNCC2. The number of amides is 2. The third-order valence-corrected chi connectivity index (χ3v) is 5.80. The van der Waals surface area contributed by atoms with Crippen molar-refractivity contribution in [2.45, 2.75) is 51.4 Å². The lowest BCUT2D eigenvalue weighted by molar-refractivity contribution is -0.124. The standard InChI is InChI=1S/C17H29N3O2.ClH/c21-15(11-13-3-1-2-4-13)19-9-10-20-16(22)14-12-17(14)5-7-18-8-6-17;/h13-14,18H,1-12H2,(H,19,21)(H,20,22);1H. The number of nitrogens with one attached hydrogen (secondary N) is 3. The van der Waals surface area contributed by atoms with E-state index in [1.165, 1.54) is 25.7 Å². The molecule has 2 aliphatic carbocycles. The van der Waals surface area contributed by atoms with E-state index in [0.717, 1.165) is 32.4 Å². The molecule has 0 aromatic heterocycles. The zero-order valence-electron chi connectivity index (χ0n) is 13.9. The molecule has 2 saturated carbocycles. The molecule has 1 atom stereocenters. The zero-order valence-corrected chi connectivity index (χ0v) is 14.7. The molecule has 0 aromatic rings. The van der Waals surface area contributed by atoms with Crippen molar-refractivity contribution in [2.75, 3.05) is 26.2 Å². The highest BCUT2D eigenvalue weighted by Crippen LogP contribution is 2.58. The van der Waals surface area contributed by atoms with Crippen LogP contribution in [0.5, 0.6) is 0 Å². The monoisotopic (exact) mass is 343 g/mol. The first-order valence-electron chi connectivity index (χ1n) is 8.95. The lowest BCUT2D eigenvalue weighted by Crippen LogP contribution is -2.37. The van der Waals surface area contributed by atoms with Crippen LogP contribution >= 0.6 is 12.4 Å². The quantitative estimate of drug-likeness (QED) is 0.642. The normalized spacial score (nSPS) is 25.7. The molecule has 0 radical (unpaired) electrons. The molecule has 3 N–H and O–H groups in total. The third-order valence-electron chi connectivity index (χ3n) is 5.80. The summed E-state index contributed by atoms with van der Waals surface area (Å²) in [5.74, 6) is 1.12. The van der Waals surface area contributed by atoms with Gasteiger partial charge >= 0.3 is 0 Å². The van der Waals surface area contributed by atoms with Gasteiger partial charge in [0.1, 0.15) is 0 Å². The Bertz CT molecular complexity index is 418. The fourth-order valence-electron chi connectivity index (χ4n) is 4.26. The molecule has 3 aliphatic rings. The maximum Gasteiger partial charge on any atom is 0.223 e. The van der Waals surface area contributed by atoms with Crippen molar-refractivity contribution in [2.24, 2.45) is 17.3 Å². The van der Waals surface area contributed by atoms with Crippen LogP contribution in [0.1, 0.15) is 51.4 Å². The largest absolute Gasteiger partial charge is 0.354 e. The Labute approximate surface area is 145 Å². The second kappa shape index (κ2) is 8.34. The number of carbonyl (C=O) groups is 2. The summed E-state index contributed by atoms with van der Waals surface area (Å²) in [6.45, 7) is 3.20. The van der Waals surface area contributed by atoms with Gasteiger partial charge < -0.3 is 16.0 Å². The van der Waals surface area contributed by atoms with Gasteiger partial charge in [0.15, 0.2) is 0 Å². The number of piperidine rings is 1. The van der Waals surface area contributed by atoms with E-state index in [1.807, 2.05) is 0 Å². The molecule has 132 valence electrons. The van der Waals surface area contributed by atoms with Gasteiger partial charge in [0.25, 0.3) is 0 Å². The molecule has 1 unspecified atom stereocenters. The van der Waals surface area contributed by atoms with E-state index in [9.17, 15) is 9.59 Å². The molecular formula is C17H30ClN3O2.